The number of furan rings is 1. The van der Waals surface area contributed by atoms with E-state index in [9.17, 15) is 14.4 Å². The molecule has 1 aromatic rings. The molecule has 1 fully saturated rings. The number of hydrogen-bond acceptors (Lipinski definition) is 4. The van der Waals surface area contributed by atoms with Gasteiger partial charge in [0.05, 0.1) is 6.26 Å². The molecular formula is C15H19N3O4. The lowest BCUT2D eigenvalue weighted by molar-refractivity contribution is -0.137. The van der Waals surface area contributed by atoms with Gasteiger partial charge in [-0.1, -0.05) is 6.08 Å². The van der Waals surface area contributed by atoms with Crippen molar-refractivity contribution >= 4 is 17.7 Å². The molecule has 0 aromatic carbocycles. The van der Waals surface area contributed by atoms with Gasteiger partial charge in [-0.15, -0.1) is 6.58 Å². The topological polar surface area (TPSA) is 82.9 Å². The van der Waals surface area contributed by atoms with Crippen molar-refractivity contribution in [1.82, 2.24) is 15.1 Å². The number of piperazine rings is 1. The molecule has 0 atom stereocenters. The first kappa shape index (κ1) is 15.8. The smallest absolute Gasteiger partial charge is 0.289 e. The Morgan fingerprint density at radius 3 is 2.50 bits per heavy atom. The van der Waals surface area contributed by atoms with Crippen molar-refractivity contribution in [2.24, 2.45) is 0 Å². The van der Waals surface area contributed by atoms with E-state index in [4.69, 9.17) is 4.42 Å². The third kappa shape index (κ3) is 3.97. The van der Waals surface area contributed by atoms with Crippen LogP contribution >= 0.6 is 0 Å². The van der Waals surface area contributed by atoms with Gasteiger partial charge >= 0.3 is 0 Å². The summed E-state index contributed by atoms with van der Waals surface area (Å²) in [7, 11) is 0. The molecule has 7 heteroatoms. The maximum absolute atomic E-state index is 12.1. The van der Waals surface area contributed by atoms with Gasteiger partial charge in [0.25, 0.3) is 5.91 Å². The van der Waals surface area contributed by atoms with E-state index in [0.717, 1.165) is 0 Å². The van der Waals surface area contributed by atoms with Gasteiger partial charge in [0.15, 0.2) is 5.76 Å². The zero-order chi connectivity index (χ0) is 15.9. The predicted octanol–water partition coefficient (Wildman–Crippen LogP) is 0.256. The summed E-state index contributed by atoms with van der Waals surface area (Å²) in [6.07, 6.45) is 2.83. The second kappa shape index (κ2) is 7.44. The monoisotopic (exact) mass is 305 g/mol. The van der Waals surface area contributed by atoms with Crippen LogP contribution in [0.4, 0.5) is 0 Å². The lowest BCUT2D eigenvalue weighted by Gasteiger charge is -2.34. The largest absolute Gasteiger partial charge is 0.459 e. The maximum Gasteiger partial charge on any atom is 0.289 e. The standard InChI is InChI=1S/C15H19N3O4/c1-2-5-16-13(19)11-14(20)17-6-8-18(9-7-17)15(21)12-4-3-10-22-12/h2-4,10H,1,5-9,11H2,(H,16,19). The van der Waals surface area contributed by atoms with Crippen LogP contribution in [0.3, 0.4) is 0 Å². The molecule has 118 valence electrons. The summed E-state index contributed by atoms with van der Waals surface area (Å²) >= 11 is 0. The Morgan fingerprint density at radius 2 is 1.91 bits per heavy atom. The lowest BCUT2D eigenvalue weighted by Crippen LogP contribution is -2.51. The molecular weight excluding hydrogens is 286 g/mol. The van der Waals surface area contributed by atoms with Gasteiger partial charge in [0.1, 0.15) is 6.42 Å². The average molecular weight is 305 g/mol. The summed E-state index contributed by atoms with van der Waals surface area (Å²) in [4.78, 5) is 38.8. The number of nitrogens with zero attached hydrogens (tertiary/aromatic N) is 2. The molecule has 0 bridgehead atoms. The van der Waals surface area contributed by atoms with Crippen molar-refractivity contribution in [3.63, 3.8) is 0 Å². The van der Waals surface area contributed by atoms with Gasteiger partial charge in [0, 0.05) is 32.7 Å². The van der Waals surface area contributed by atoms with Crippen molar-refractivity contribution in [3.05, 3.63) is 36.8 Å². The van der Waals surface area contributed by atoms with E-state index in [-0.39, 0.29) is 24.1 Å². The normalized spacial score (nSPS) is 14.5. The number of nitrogens with one attached hydrogen (secondary N) is 1. The van der Waals surface area contributed by atoms with Gasteiger partial charge in [0.2, 0.25) is 11.8 Å². The molecule has 1 aliphatic rings. The minimum absolute atomic E-state index is 0.180. The Bertz CT molecular complexity index is 545. The van der Waals surface area contributed by atoms with Crippen molar-refractivity contribution in [1.29, 1.82) is 0 Å². The molecule has 7 nitrogen and oxygen atoms in total. The van der Waals surface area contributed by atoms with Gasteiger partial charge in [-0.05, 0) is 12.1 Å². The second-order valence-electron chi connectivity index (χ2n) is 4.92. The Morgan fingerprint density at radius 1 is 1.23 bits per heavy atom. The molecule has 1 N–H and O–H groups in total. The van der Waals surface area contributed by atoms with Crippen molar-refractivity contribution in [2.75, 3.05) is 32.7 Å². The van der Waals surface area contributed by atoms with Crippen LogP contribution in [0.15, 0.2) is 35.5 Å². The Kier molecular flexibility index (Phi) is 5.35. The van der Waals surface area contributed by atoms with E-state index in [1.807, 2.05) is 0 Å². The van der Waals surface area contributed by atoms with E-state index in [2.05, 4.69) is 11.9 Å². The number of carbonyl (C=O) groups excluding carboxylic acids is 3. The van der Waals surface area contributed by atoms with Crippen LogP contribution < -0.4 is 5.32 Å². The first-order valence-corrected chi connectivity index (χ1v) is 7.10. The van der Waals surface area contributed by atoms with Crippen molar-refractivity contribution < 1.29 is 18.8 Å². The summed E-state index contributed by atoms with van der Waals surface area (Å²) < 4.78 is 5.08. The zero-order valence-electron chi connectivity index (χ0n) is 12.3. The van der Waals surface area contributed by atoms with Gasteiger partial charge in [-0.2, -0.15) is 0 Å². The molecule has 0 saturated carbocycles. The highest BCUT2D eigenvalue weighted by Gasteiger charge is 2.26. The van der Waals surface area contributed by atoms with Crippen LogP contribution in [0.2, 0.25) is 0 Å². The van der Waals surface area contributed by atoms with Crippen LogP contribution in [0.1, 0.15) is 17.0 Å². The first-order chi connectivity index (χ1) is 10.6. The highest BCUT2D eigenvalue weighted by atomic mass is 16.3. The Hall–Kier alpha value is -2.57. The third-order valence-electron chi connectivity index (χ3n) is 3.41. The fourth-order valence-electron chi connectivity index (χ4n) is 2.21. The first-order valence-electron chi connectivity index (χ1n) is 7.10. The number of carbonyl (C=O) groups is 3. The van der Waals surface area contributed by atoms with E-state index in [0.29, 0.717) is 38.5 Å². The predicted molar refractivity (Wildman–Crippen MR) is 79.0 cm³/mol. The van der Waals surface area contributed by atoms with Crippen molar-refractivity contribution in [3.8, 4) is 0 Å². The summed E-state index contributed by atoms with van der Waals surface area (Å²) in [6.45, 7) is 5.53. The minimum Gasteiger partial charge on any atom is -0.459 e. The highest BCUT2D eigenvalue weighted by Crippen LogP contribution is 2.10. The van der Waals surface area contributed by atoms with Gasteiger partial charge < -0.3 is 19.5 Å². The lowest BCUT2D eigenvalue weighted by atomic mass is 10.2. The molecule has 0 unspecified atom stereocenters. The van der Waals surface area contributed by atoms with Crippen LogP contribution in [0, 0.1) is 0 Å². The number of amides is 3. The highest BCUT2D eigenvalue weighted by molar-refractivity contribution is 5.97. The van der Waals surface area contributed by atoms with E-state index in [1.165, 1.54) is 6.26 Å². The van der Waals surface area contributed by atoms with E-state index >= 15 is 0 Å². The summed E-state index contributed by atoms with van der Waals surface area (Å²) in [6, 6.07) is 3.28. The van der Waals surface area contributed by atoms with Gasteiger partial charge in [-0.3, -0.25) is 14.4 Å². The Balaban J connectivity index is 1.79. The van der Waals surface area contributed by atoms with Crippen LogP contribution in [0.25, 0.3) is 0 Å². The number of rotatable bonds is 5. The zero-order valence-corrected chi connectivity index (χ0v) is 12.3. The summed E-state index contributed by atoms with van der Waals surface area (Å²) in [5.41, 5.74) is 0. The molecule has 1 aliphatic heterocycles. The van der Waals surface area contributed by atoms with E-state index < -0.39 is 0 Å². The van der Waals surface area contributed by atoms with E-state index in [1.54, 1.807) is 28.0 Å². The molecule has 1 aromatic heterocycles. The molecule has 0 spiro atoms. The quantitative estimate of drug-likeness (QED) is 0.625. The van der Waals surface area contributed by atoms with Crippen LogP contribution in [-0.2, 0) is 9.59 Å². The maximum atomic E-state index is 12.1. The molecule has 2 rings (SSSR count). The van der Waals surface area contributed by atoms with Gasteiger partial charge in [-0.25, -0.2) is 0 Å². The number of hydrogen-bond donors (Lipinski definition) is 1. The summed E-state index contributed by atoms with van der Waals surface area (Å²) in [5.74, 6) is -0.435. The fraction of sp³-hybridized carbons (Fsp3) is 0.400. The summed E-state index contributed by atoms with van der Waals surface area (Å²) in [5, 5.41) is 2.57. The third-order valence-corrected chi connectivity index (χ3v) is 3.41. The minimum atomic E-state index is -0.320. The average Bonchev–Trinajstić information content (AvgIpc) is 3.06. The molecule has 2 heterocycles. The molecule has 0 radical (unpaired) electrons. The molecule has 3 amide bonds. The molecule has 22 heavy (non-hydrogen) atoms. The van der Waals surface area contributed by atoms with Crippen LogP contribution in [0.5, 0.6) is 0 Å². The second-order valence-corrected chi connectivity index (χ2v) is 4.92. The Labute approximate surface area is 128 Å². The molecule has 0 aliphatic carbocycles. The van der Waals surface area contributed by atoms with Crippen molar-refractivity contribution in [2.45, 2.75) is 6.42 Å². The van der Waals surface area contributed by atoms with Crippen LogP contribution in [-0.4, -0.2) is 60.2 Å². The fourth-order valence-corrected chi connectivity index (χ4v) is 2.21. The SMILES string of the molecule is C=CCNC(=O)CC(=O)N1CCN(C(=O)c2ccco2)CC1. The molecule has 1 saturated heterocycles.